The Kier molecular flexibility index (Phi) is 6.75. The number of piperazine rings is 1. The van der Waals surface area contributed by atoms with Gasteiger partial charge in [0.15, 0.2) is 0 Å². The molecule has 0 unspecified atom stereocenters. The Hall–Kier alpha value is -3.01. The van der Waals surface area contributed by atoms with E-state index in [-0.39, 0.29) is 5.91 Å². The van der Waals surface area contributed by atoms with Crippen LogP contribution in [0.1, 0.15) is 21.8 Å². The van der Waals surface area contributed by atoms with E-state index < -0.39 is 0 Å². The molecule has 4 aromatic rings. The highest BCUT2D eigenvalue weighted by Crippen LogP contribution is 2.32. The van der Waals surface area contributed by atoms with E-state index in [1.807, 2.05) is 48.0 Å². The Balaban J connectivity index is 1.13. The molecule has 1 saturated heterocycles. The van der Waals surface area contributed by atoms with Crippen molar-refractivity contribution in [1.29, 1.82) is 0 Å². The number of hydrogen-bond acceptors (Lipinski definition) is 7. The number of thiophene rings is 1. The molecule has 0 bridgehead atoms. The third-order valence-corrected chi connectivity index (χ3v) is 7.42. The second-order valence-corrected chi connectivity index (χ2v) is 9.70. The first-order valence-electron chi connectivity index (χ1n) is 11.4. The molecule has 1 N–H and O–H groups in total. The number of benzene rings is 1. The average molecular weight is 496 g/mol. The Morgan fingerprint density at radius 2 is 1.88 bits per heavy atom. The zero-order valence-electron chi connectivity index (χ0n) is 18.9. The summed E-state index contributed by atoms with van der Waals surface area (Å²) in [5.74, 6) is 0.753. The van der Waals surface area contributed by atoms with Gasteiger partial charge in [-0.2, -0.15) is 5.10 Å². The number of aromatic nitrogens is 4. The molecule has 3 aromatic heterocycles. The van der Waals surface area contributed by atoms with Gasteiger partial charge in [-0.25, -0.2) is 14.6 Å². The topological polar surface area (TPSA) is 79.2 Å². The molecule has 34 heavy (non-hydrogen) atoms. The van der Waals surface area contributed by atoms with Crippen molar-refractivity contribution in [2.75, 3.05) is 44.2 Å². The van der Waals surface area contributed by atoms with E-state index in [0.717, 1.165) is 66.7 Å². The summed E-state index contributed by atoms with van der Waals surface area (Å²) in [6.07, 6.45) is 4.47. The summed E-state index contributed by atoms with van der Waals surface area (Å²) >= 11 is 7.82. The molecule has 0 radical (unpaired) electrons. The number of rotatable bonds is 7. The van der Waals surface area contributed by atoms with Crippen molar-refractivity contribution in [3.63, 3.8) is 0 Å². The molecule has 176 valence electrons. The van der Waals surface area contributed by atoms with Crippen LogP contribution in [0, 0.1) is 6.92 Å². The Bertz CT molecular complexity index is 1280. The van der Waals surface area contributed by atoms with Crippen molar-refractivity contribution < 1.29 is 4.79 Å². The van der Waals surface area contributed by atoms with Gasteiger partial charge in [0.25, 0.3) is 5.91 Å². The van der Waals surface area contributed by atoms with Crippen LogP contribution in [0.2, 0.25) is 5.02 Å². The van der Waals surface area contributed by atoms with Crippen LogP contribution in [0.15, 0.2) is 48.8 Å². The molecule has 5 rings (SSSR count). The van der Waals surface area contributed by atoms with Crippen LogP contribution in [-0.4, -0.2) is 69.8 Å². The van der Waals surface area contributed by atoms with Gasteiger partial charge in [-0.3, -0.25) is 9.69 Å². The molecule has 1 fully saturated rings. The molecule has 1 aliphatic heterocycles. The van der Waals surface area contributed by atoms with Gasteiger partial charge in [-0.1, -0.05) is 23.7 Å². The maximum atomic E-state index is 12.8. The highest BCUT2D eigenvalue weighted by molar-refractivity contribution is 7.20. The minimum Gasteiger partial charge on any atom is -0.351 e. The number of fused-ring (bicyclic) bond motifs is 1. The highest BCUT2D eigenvalue weighted by Gasteiger charge is 2.20. The van der Waals surface area contributed by atoms with E-state index in [4.69, 9.17) is 11.6 Å². The van der Waals surface area contributed by atoms with Crippen molar-refractivity contribution in [3.05, 3.63) is 64.4 Å². The van der Waals surface area contributed by atoms with Crippen LogP contribution in [0.3, 0.4) is 0 Å². The van der Waals surface area contributed by atoms with Crippen LogP contribution < -0.4 is 10.2 Å². The van der Waals surface area contributed by atoms with Gasteiger partial charge in [-0.05, 0) is 44.2 Å². The third-order valence-electron chi connectivity index (χ3n) is 5.99. The first-order valence-corrected chi connectivity index (χ1v) is 12.6. The number of para-hydroxylation sites is 1. The van der Waals surface area contributed by atoms with Gasteiger partial charge in [0.2, 0.25) is 5.95 Å². The molecule has 0 saturated carbocycles. The van der Waals surface area contributed by atoms with Crippen molar-refractivity contribution in [2.24, 2.45) is 0 Å². The van der Waals surface area contributed by atoms with Gasteiger partial charge >= 0.3 is 0 Å². The van der Waals surface area contributed by atoms with E-state index in [2.05, 4.69) is 30.2 Å². The number of carbonyl (C=O) groups excluding carboxylic acids is 1. The van der Waals surface area contributed by atoms with Crippen molar-refractivity contribution in [3.8, 4) is 5.69 Å². The summed E-state index contributed by atoms with van der Waals surface area (Å²) in [5, 5.41) is 9.31. The lowest BCUT2D eigenvalue weighted by molar-refractivity contribution is 0.0955. The summed E-state index contributed by atoms with van der Waals surface area (Å²) < 4.78 is 1.83. The van der Waals surface area contributed by atoms with Crippen molar-refractivity contribution >= 4 is 45.0 Å². The van der Waals surface area contributed by atoms with Crippen LogP contribution >= 0.6 is 22.9 Å². The number of anilines is 1. The molecule has 8 nitrogen and oxygen atoms in total. The number of aryl methyl sites for hydroxylation is 1. The van der Waals surface area contributed by atoms with Gasteiger partial charge in [-0.15, -0.1) is 11.3 Å². The molecule has 10 heteroatoms. The highest BCUT2D eigenvalue weighted by atomic mass is 35.5. The van der Waals surface area contributed by atoms with Gasteiger partial charge < -0.3 is 10.2 Å². The Morgan fingerprint density at radius 1 is 1.12 bits per heavy atom. The normalized spacial score (nSPS) is 14.6. The first-order chi connectivity index (χ1) is 16.6. The quantitative estimate of drug-likeness (QED) is 0.393. The standard InChI is InChI=1S/C24H26ClN7OS/c1-17-18-16-21(34-23(18)32(29-17)20-7-3-2-6-19(20)25)22(33)26-10-5-11-30-12-14-31(15-13-30)24-27-8-4-9-28-24/h2-4,6-9,16H,5,10-15H2,1H3,(H,26,33). The first kappa shape index (κ1) is 22.8. The molecule has 0 aliphatic carbocycles. The predicted molar refractivity (Wildman–Crippen MR) is 136 cm³/mol. The molecule has 1 amide bonds. The fourth-order valence-corrected chi connectivity index (χ4v) is 5.47. The van der Waals surface area contributed by atoms with E-state index in [9.17, 15) is 4.79 Å². The van der Waals surface area contributed by atoms with Crippen molar-refractivity contribution in [1.82, 2.24) is 30.0 Å². The number of carbonyl (C=O) groups is 1. The summed E-state index contributed by atoms with van der Waals surface area (Å²) in [6, 6.07) is 11.4. The van der Waals surface area contributed by atoms with E-state index in [1.165, 1.54) is 11.3 Å². The zero-order chi connectivity index (χ0) is 23.5. The molecule has 1 aliphatic rings. The summed E-state index contributed by atoms with van der Waals surface area (Å²) in [5.41, 5.74) is 1.69. The third kappa shape index (κ3) is 4.77. The van der Waals surface area contributed by atoms with E-state index in [0.29, 0.717) is 16.4 Å². The molecular formula is C24H26ClN7OS. The average Bonchev–Trinajstić information content (AvgIpc) is 3.44. The predicted octanol–water partition coefficient (Wildman–Crippen LogP) is 3.78. The SMILES string of the molecule is Cc1nn(-c2ccccc2Cl)c2sc(C(=O)NCCCN3CCN(c4ncccn4)CC3)cc12. The Labute approximate surface area is 207 Å². The second-order valence-electron chi connectivity index (χ2n) is 8.27. The number of nitrogens with one attached hydrogen (secondary N) is 1. The van der Waals surface area contributed by atoms with Gasteiger partial charge in [0.1, 0.15) is 4.83 Å². The van der Waals surface area contributed by atoms with E-state index >= 15 is 0 Å². The second kappa shape index (κ2) is 10.1. The lowest BCUT2D eigenvalue weighted by Crippen LogP contribution is -2.47. The van der Waals surface area contributed by atoms with Crippen LogP contribution in [0.25, 0.3) is 15.9 Å². The minimum atomic E-state index is -0.0441. The molecule has 0 spiro atoms. The maximum Gasteiger partial charge on any atom is 0.261 e. The number of amides is 1. The molecule has 4 heterocycles. The fraction of sp³-hybridized carbons (Fsp3) is 0.333. The zero-order valence-corrected chi connectivity index (χ0v) is 20.5. The number of nitrogens with zero attached hydrogens (tertiary/aromatic N) is 6. The van der Waals surface area contributed by atoms with Gasteiger partial charge in [0.05, 0.1) is 21.3 Å². The van der Waals surface area contributed by atoms with Crippen LogP contribution in [0.4, 0.5) is 5.95 Å². The number of hydrogen-bond donors (Lipinski definition) is 1. The van der Waals surface area contributed by atoms with Crippen molar-refractivity contribution in [2.45, 2.75) is 13.3 Å². The lowest BCUT2D eigenvalue weighted by atomic mass is 10.3. The van der Waals surface area contributed by atoms with Gasteiger partial charge in [0, 0.05) is 50.5 Å². The molecular weight excluding hydrogens is 470 g/mol. The Morgan fingerprint density at radius 3 is 2.65 bits per heavy atom. The molecule has 0 atom stereocenters. The largest absolute Gasteiger partial charge is 0.351 e. The smallest absolute Gasteiger partial charge is 0.261 e. The molecule has 1 aromatic carbocycles. The van der Waals surface area contributed by atoms with E-state index in [1.54, 1.807) is 12.4 Å². The minimum absolute atomic E-state index is 0.0441. The summed E-state index contributed by atoms with van der Waals surface area (Å²) in [6.45, 7) is 7.33. The monoisotopic (exact) mass is 495 g/mol. The lowest BCUT2D eigenvalue weighted by Gasteiger charge is -2.34. The number of halogens is 1. The van der Waals surface area contributed by atoms with Crippen LogP contribution in [0.5, 0.6) is 0 Å². The maximum absolute atomic E-state index is 12.8. The van der Waals surface area contributed by atoms with Crippen LogP contribution in [-0.2, 0) is 0 Å². The fourth-order valence-electron chi connectivity index (χ4n) is 4.16. The summed E-state index contributed by atoms with van der Waals surface area (Å²) in [7, 11) is 0. The summed E-state index contributed by atoms with van der Waals surface area (Å²) in [4.78, 5) is 27.7.